The molecule has 3 aromatic heterocycles. The zero-order chi connectivity index (χ0) is 19.2. The minimum absolute atomic E-state index is 0.182. The van der Waals surface area contributed by atoms with Crippen LogP contribution in [0.4, 0.5) is 5.82 Å². The van der Waals surface area contributed by atoms with Crippen LogP contribution in [-0.2, 0) is 12.0 Å². The lowest BCUT2D eigenvalue weighted by Crippen LogP contribution is -2.25. The highest BCUT2D eigenvalue weighted by atomic mass is 35.5. The van der Waals surface area contributed by atoms with Crippen molar-refractivity contribution < 1.29 is 5.11 Å². The number of pyridine rings is 1. The van der Waals surface area contributed by atoms with E-state index >= 15 is 0 Å². The summed E-state index contributed by atoms with van der Waals surface area (Å²) in [4.78, 5) is 16.3. The Kier molecular flexibility index (Phi) is 4.56. The molecule has 0 spiro atoms. The summed E-state index contributed by atoms with van der Waals surface area (Å²) >= 11 is 6.30. The molecule has 4 rings (SSSR count). The van der Waals surface area contributed by atoms with Gasteiger partial charge in [0.15, 0.2) is 0 Å². The number of aliphatic hydroxyl groups excluding tert-OH is 1. The molecule has 0 aliphatic carbocycles. The molecule has 0 amide bonds. The van der Waals surface area contributed by atoms with Gasteiger partial charge in [-0.25, -0.2) is 9.97 Å². The van der Waals surface area contributed by atoms with E-state index in [1.165, 1.54) is 0 Å². The maximum absolute atomic E-state index is 9.98. The molecule has 142 valence electrons. The minimum Gasteiger partial charge on any atom is -0.391 e. The van der Waals surface area contributed by atoms with E-state index in [4.69, 9.17) is 21.6 Å². The van der Waals surface area contributed by atoms with Crippen LogP contribution in [0, 0.1) is 0 Å². The van der Waals surface area contributed by atoms with Crippen LogP contribution in [0.15, 0.2) is 30.6 Å². The van der Waals surface area contributed by atoms with Gasteiger partial charge in [0.05, 0.1) is 28.8 Å². The van der Waals surface area contributed by atoms with Crippen molar-refractivity contribution in [2.45, 2.75) is 45.3 Å². The van der Waals surface area contributed by atoms with Crippen LogP contribution < -0.4 is 4.90 Å². The highest BCUT2D eigenvalue weighted by Crippen LogP contribution is 2.31. The maximum atomic E-state index is 9.98. The Bertz CT molecular complexity index is 978. The molecule has 1 aliphatic rings. The molecule has 3 aromatic rings. The molecule has 1 aliphatic heterocycles. The first-order valence-corrected chi connectivity index (χ1v) is 9.60. The normalized spacial score (nSPS) is 17.8. The van der Waals surface area contributed by atoms with Gasteiger partial charge in [-0.2, -0.15) is 0 Å². The van der Waals surface area contributed by atoms with Crippen LogP contribution in [0.5, 0.6) is 0 Å². The van der Waals surface area contributed by atoms with Crippen LogP contribution in [0.3, 0.4) is 0 Å². The lowest BCUT2D eigenvalue weighted by Gasteiger charge is -2.23. The van der Waals surface area contributed by atoms with Gasteiger partial charge in [0, 0.05) is 30.9 Å². The smallest absolute Gasteiger partial charge is 0.146 e. The van der Waals surface area contributed by atoms with Gasteiger partial charge in [-0.3, -0.25) is 4.98 Å². The molecule has 1 N–H and O–H groups in total. The third-order valence-electron chi connectivity index (χ3n) is 4.89. The van der Waals surface area contributed by atoms with Gasteiger partial charge in [0.2, 0.25) is 0 Å². The first-order chi connectivity index (χ1) is 12.8. The summed E-state index contributed by atoms with van der Waals surface area (Å²) in [7, 11) is 0. The molecule has 0 bridgehead atoms. The maximum Gasteiger partial charge on any atom is 0.146 e. The van der Waals surface area contributed by atoms with E-state index in [2.05, 4.69) is 35.2 Å². The largest absolute Gasteiger partial charge is 0.391 e. The van der Waals surface area contributed by atoms with E-state index in [1.54, 1.807) is 6.20 Å². The second kappa shape index (κ2) is 6.77. The number of aliphatic hydroxyl groups is 1. The Balaban J connectivity index is 1.84. The van der Waals surface area contributed by atoms with Crippen molar-refractivity contribution in [2.24, 2.45) is 0 Å². The van der Waals surface area contributed by atoms with Gasteiger partial charge < -0.3 is 14.6 Å². The topological polar surface area (TPSA) is 67.1 Å². The Morgan fingerprint density at radius 3 is 2.74 bits per heavy atom. The fourth-order valence-corrected chi connectivity index (χ4v) is 3.56. The van der Waals surface area contributed by atoms with E-state index in [9.17, 15) is 5.11 Å². The fourth-order valence-electron chi connectivity index (χ4n) is 3.38. The summed E-state index contributed by atoms with van der Waals surface area (Å²) in [5.74, 6) is 1.69. The first-order valence-electron chi connectivity index (χ1n) is 9.22. The van der Waals surface area contributed by atoms with E-state index in [0.717, 1.165) is 41.3 Å². The number of rotatable bonds is 3. The van der Waals surface area contributed by atoms with Gasteiger partial charge in [-0.15, -0.1) is 0 Å². The van der Waals surface area contributed by atoms with E-state index in [-0.39, 0.29) is 11.5 Å². The van der Waals surface area contributed by atoms with Crippen molar-refractivity contribution >= 4 is 28.5 Å². The Morgan fingerprint density at radius 1 is 1.26 bits per heavy atom. The predicted molar refractivity (Wildman–Crippen MR) is 107 cm³/mol. The lowest BCUT2D eigenvalue weighted by molar-refractivity contribution is 0.198. The molecular weight excluding hydrogens is 362 g/mol. The Hall–Kier alpha value is -2.18. The van der Waals surface area contributed by atoms with Crippen molar-refractivity contribution in [2.75, 3.05) is 18.0 Å². The number of aromatic nitrogens is 4. The van der Waals surface area contributed by atoms with Crippen molar-refractivity contribution in [3.8, 4) is 0 Å². The molecule has 1 unspecified atom stereocenters. The standard InChI is InChI=1S/C20H24ClN5O/c1-20(2,3)19-23-17(25-9-6-13(27)11-25)14-7-10-26(18(14)24-19)12-16-15(21)5-4-8-22-16/h4-5,7-8,10,13,27H,6,9,11-12H2,1-3H3. The van der Waals surface area contributed by atoms with Crippen LogP contribution >= 0.6 is 11.6 Å². The van der Waals surface area contributed by atoms with Gasteiger partial charge in [0.25, 0.3) is 0 Å². The number of anilines is 1. The van der Waals surface area contributed by atoms with Crippen molar-refractivity contribution in [3.63, 3.8) is 0 Å². The molecule has 0 saturated carbocycles. The second-order valence-electron chi connectivity index (χ2n) is 8.12. The molecule has 7 heteroatoms. The number of β-amino-alcohol motifs (C(OH)–C–C–N with tert-alkyl or cyclic N) is 1. The lowest BCUT2D eigenvalue weighted by atomic mass is 9.95. The number of fused-ring (bicyclic) bond motifs is 1. The molecule has 4 heterocycles. The van der Waals surface area contributed by atoms with Crippen LogP contribution in [0.2, 0.25) is 5.02 Å². The molecule has 0 aromatic carbocycles. The highest BCUT2D eigenvalue weighted by molar-refractivity contribution is 6.31. The van der Waals surface area contributed by atoms with E-state index in [1.807, 2.05) is 24.4 Å². The second-order valence-corrected chi connectivity index (χ2v) is 8.53. The van der Waals surface area contributed by atoms with Crippen LogP contribution in [0.1, 0.15) is 38.7 Å². The number of nitrogens with zero attached hydrogens (tertiary/aromatic N) is 5. The molecular formula is C20H24ClN5O. The van der Waals surface area contributed by atoms with Crippen molar-refractivity contribution in [3.05, 3.63) is 47.1 Å². The average molecular weight is 386 g/mol. The Morgan fingerprint density at radius 2 is 2.07 bits per heavy atom. The van der Waals surface area contributed by atoms with Gasteiger partial charge in [-0.05, 0) is 24.6 Å². The molecule has 1 fully saturated rings. The van der Waals surface area contributed by atoms with E-state index in [0.29, 0.717) is 18.1 Å². The SMILES string of the molecule is CC(C)(C)c1nc(N2CCC(O)C2)c2ccn(Cc3ncccc3Cl)c2n1. The first kappa shape index (κ1) is 18.2. The molecule has 27 heavy (non-hydrogen) atoms. The Labute approximate surface area is 163 Å². The van der Waals surface area contributed by atoms with Gasteiger partial charge >= 0.3 is 0 Å². The van der Waals surface area contributed by atoms with Gasteiger partial charge in [-0.1, -0.05) is 32.4 Å². The monoisotopic (exact) mass is 385 g/mol. The molecule has 0 radical (unpaired) electrons. The fraction of sp³-hybridized carbons (Fsp3) is 0.450. The van der Waals surface area contributed by atoms with Crippen molar-refractivity contribution in [1.82, 2.24) is 19.5 Å². The summed E-state index contributed by atoms with van der Waals surface area (Å²) in [6.07, 6.45) is 4.22. The number of hydrogen-bond donors (Lipinski definition) is 1. The highest BCUT2D eigenvalue weighted by Gasteiger charge is 2.27. The molecule has 1 saturated heterocycles. The van der Waals surface area contributed by atoms with Crippen LogP contribution in [-0.4, -0.2) is 43.8 Å². The zero-order valence-electron chi connectivity index (χ0n) is 15.9. The zero-order valence-corrected chi connectivity index (χ0v) is 16.6. The summed E-state index contributed by atoms with van der Waals surface area (Å²) in [6.45, 7) is 8.28. The predicted octanol–water partition coefficient (Wildman–Crippen LogP) is 3.40. The molecule has 1 atom stereocenters. The third kappa shape index (κ3) is 3.51. The summed E-state index contributed by atoms with van der Waals surface area (Å²) in [5, 5.41) is 11.6. The summed E-state index contributed by atoms with van der Waals surface area (Å²) < 4.78 is 2.07. The average Bonchev–Trinajstić information content (AvgIpc) is 3.22. The summed E-state index contributed by atoms with van der Waals surface area (Å²) in [6, 6.07) is 5.72. The van der Waals surface area contributed by atoms with Gasteiger partial charge in [0.1, 0.15) is 17.3 Å². The number of hydrogen-bond acceptors (Lipinski definition) is 5. The summed E-state index contributed by atoms with van der Waals surface area (Å²) in [5.41, 5.74) is 1.50. The minimum atomic E-state index is -0.303. The molecule has 6 nitrogen and oxygen atoms in total. The quantitative estimate of drug-likeness (QED) is 0.748. The number of halogens is 1. The van der Waals surface area contributed by atoms with Crippen LogP contribution in [0.25, 0.3) is 11.0 Å². The third-order valence-corrected chi connectivity index (χ3v) is 5.23. The van der Waals surface area contributed by atoms with E-state index < -0.39 is 0 Å². The van der Waals surface area contributed by atoms with Crippen molar-refractivity contribution in [1.29, 1.82) is 0 Å².